The van der Waals surface area contributed by atoms with Crippen LogP contribution < -0.4 is 5.73 Å². The molecule has 3 N–H and O–H groups in total. The van der Waals surface area contributed by atoms with Gasteiger partial charge in [0.25, 0.3) is 0 Å². The molecule has 0 amide bonds. The van der Waals surface area contributed by atoms with Crippen LogP contribution >= 0.6 is 0 Å². The van der Waals surface area contributed by atoms with Gasteiger partial charge < -0.3 is 15.6 Å². The number of aromatic nitrogens is 1. The molecule has 1 aromatic rings. The molecule has 6 heteroatoms. The molecular formula is C13H18N2O4. The maximum atomic E-state index is 11.9. The van der Waals surface area contributed by atoms with Crippen LogP contribution in [0.5, 0.6) is 0 Å². The van der Waals surface area contributed by atoms with Crippen molar-refractivity contribution in [1.29, 1.82) is 0 Å². The van der Waals surface area contributed by atoms with E-state index >= 15 is 0 Å². The highest BCUT2D eigenvalue weighted by atomic mass is 16.6. The lowest BCUT2D eigenvalue weighted by Gasteiger charge is -2.25. The Morgan fingerprint density at radius 1 is 1.42 bits per heavy atom. The van der Waals surface area contributed by atoms with Gasteiger partial charge in [-0.3, -0.25) is 14.6 Å². The number of rotatable bonds is 4. The Hall–Kier alpha value is -1.95. The first kappa shape index (κ1) is 15.1. The van der Waals surface area contributed by atoms with Gasteiger partial charge >= 0.3 is 11.9 Å². The molecule has 0 bridgehead atoms. The molecule has 0 aliphatic heterocycles. The summed E-state index contributed by atoms with van der Waals surface area (Å²) >= 11 is 0. The number of hydrogen-bond acceptors (Lipinski definition) is 5. The van der Waals surface area contributed by atoms with Crippen molar-refractivity contribution in [3.63, 3.8) is 0 Å². The van der Waals surface area contributed by atoms with Crippen LogP contribution in [0, 0.1) is 5.92 Å². The molecule has 2 atom stereocenters. The highest BCUT2D eigenvalue weighted by Crippen LogP contribution is 2.22. The molecular weight excluding hydrogens is 248 g/mol. The van der Waals surface area contributed by atoms with Crippen molar-refractivity contribution in [3.05, 3.63) is 30.1 Å². The second kappa shape index (κ2) is 5.79. The first-order chi connectivity index (χ1) is 8.72. The fraction of sp³-hybridized carbons (Fsp3) is 0.462. The minimum atomic E-state index is -1.46. The Morgan fingerprint density at radius 2 is 2.05 bits per heavy atom. The lowest BCUT2D eigenvalue weighted by atomic mass is 9.94. The number of carbonyl (C=O) groups excluding carboxylic acids is 1. The summed E-state index contributed by atoms with van der Waals surface area (Å²) in [5.74, 6) is -3.62. The summed E-state index contributed by atoms with van der Waals surface area (Å²) in [7, 11) is 0. The Labute approximate surface area is 111 Å². The normalized spacial score (nSPS) is 14.5. The minimum absolute atomic E-state index is 0.473. The average Bonchev–Trinajstić information content (AvgIpc) is 2.27. The SMILES string of the molecule is CC(C)(C)OC(=O)C(C(=O)O)C(N)c1cccnc1. The summed E-state index contributed by atoms with van der Waals surface area (Å²) in [6.07, 6.45) is 2.98. The zero-order valence-corrected chi connectivity index (χ0v) is 11.2. The predicted molar refractivity (Wildman–Crippen MR) is 68.1 cm³/mol. The summed E-state index contributed by atoms with van der Waals surface area (Å²) < 4.78 is 5.08. The van der Waals surface area contributed by atoms with Crippen LogP contribution in [0.2, 0.25) is 0 Å². The number of ether oxygens (including phenoxy) is 1. The molecule has 0 radical (unpaired) electrons. The summed E-state index contributed by atoms with van der Waals surface area (Å²) in [6, 6.07) is 2.25. The number of carbonyl (C=O) groups is 2. The second-order valence-electron chi connectivity index (χ2n) is 5.16. The zero-order chi connectivity index (χ0) is 14.6. The number of carboxylic acids is 1. The van der Waals surface area contributed by atoms with Gasteiger partial charge in [0.05, 0.1) is 6.04 Å². The topological polar surface area (TPSA) is 103 Å². The molecule has 6 nitrogen and oxygen atoms in total. The molecule has 1 aromatic heterocycles. The van der Waals surface area contributed by atoms with E-state index in [0.717, 1.165) is 0 Å². The largest absolute Gasteiger partial charge is 0.481 e. The molecule has 1 rings (SSSR count). The lowest BCUT2D eigenvalue weighted by Crippen LogP contribution is -2.39. The van der Waals surface area contributed by atoms with E-state index in [1.807, 2.05) is 0 Å². The predicted octanol–water partition coefficient (Wildman–Crippen LogP) is 1.12. The van der Waals surface area contributed by atoms with E-state index in [1.54, 1.807) is 39.1 Å². The van der Waals surface area contributed by atoms with Crippen molar-refractivity contribution >= 4 is 11.9 Å². The fourth-order valence-electron chi connectivity index (χ4n) is 1.53. The summed E-state index contributed by atoms with van der Waals surface area (Å²) in [5, 5.41) is 9.17. The molecule has 104 valence electrons. The van der Waals surface area contributed by atoms with E-state index < -0.39 is 29.5 Å². The minimum Gasteiger partial charge on any atom is -0.481 e. The average molecular weight is 266 g/mol. The standard InChI is InChI=1S/C13H18N2O4/c1-13(2,3)19-12(18)9(11(16)17)10(14)8-5-4-6-15-7-8/h4-7,9-10H,14H2,1-3H3,(H,16,17). The van der Waals surface area contributed by atoms with Gasteiger partial charge in [0.15, 0.2) is 5.92 Å². The van der Waals surface area contributed by atoms with E-state index in [-0.39, 0.29) is 0 Å². The van der Waals surface area contributed by atoms with Crippen LogP contribution in [0.1, 0.15) is 32.4 Å². The van der Waals surface area contributed by atoms with Crippen molar-refractivity contribution in [2.75, 3.05) is 0 Å². The first-order valence-corrected chi connectivity index (χ1v) is 5.83. The Bertz CT molecular complexity index is 453. The number of nitrogens with two attached hydrogens (primary N) is 1. The van der Waals surface area contributed by atoms with E-state index in [2.05, 4.69) is 4.98 Å². The third-order valence-corrected chi connectivity index (χ3v) is 2.36. The molecule has 1 heterocycles. The maximum absolute atomic E-state index is 11.9. The van der Waals surface area contributed by atoms with Crippen molar-refractivity contribution in [2.24, 2.45) is 11.7 Å². The highest BCUT2D eigenvalue weighted by molar-refractivity contribution is 5.95. The Morgan fingerprint density at radius 3 is 2.47 bits per heavy atom. The fourth-order valence-corrected chi connectivity index (χ4v) is 1.53. The van der Waals surface area contributed by atoms with Gasteiger partial charge in [0.1, 0.15) is 5.60 Å². The van der Waals surface area contributed by atoms with Gasteiger partial charge in [-0.2, -0.15) is 0 Å². The van der Waals surface area contributed by atoms with Crippen LogP contribution in [0.3, 0.4) is 0 Å². The van der Waals surface area contributed by atoms with E-state index in [0.29, 0.717) is 5.56 Å². The van der Waals surface area contributed by atoms with Crippen molar-refractivity contribution < 1.29 is 19.4 Å². The quantitative estimate of drug-likeness (QED) is 0.625. The molecule has 0 spiro atoms. The number of aliphatic carboxylic acids is 1. The second-order valence-corrected chi connectivity index (χ2v) is 5.16. The molecule has 0 aromatic carbocycles. The monoisotopic (exact) mass is 266 g/mol. The van der Waals surface area contributed by atoms with Gasteiger partial charge in [-0.15, -0.1) is 0 Å². The maximum Gasteiger partial charge on any atom is 0.322 e. The number of esters is 1. The highest BCUT2D eigenvalue weighted by Gasteiger charge is 2.37. The molecule has 19 heavy (non-hydrogen) atoms. The molecule has 0 aliphatic carbocycles. The van der Waals surface area contributed by atoms with Crippen LogP contribution in [0.15, 0.2) is 24.5 Å². The summed E-state index contributed by atoms with van der Waals surface area (Å²) in [5.41, 5.74) is 5.55. The zero-order valence-electron chi connectivity index (χ0n) is 11.2. The number of pyridine rings is 1. The lowest BCUT2D eigenvalue weighted by molar-refractivity contribution is -0.167. The van der Waals surface area contributed by atoms with Crippen LogP contribution in [-0.4, -0.2) is 27.6 Å². The summed E-state index contributed by atoms with van der Waals surface area (Å²) in [6.45, 7) is 5.00. The number of carboxylic acid groups (broad SMARTS) is 1. The first-order valence-electron chi connectivity index (χ1n) is 5.83. The van der Waals surface area contributed by atoms with Crippen LogP contribution in [-0.2, 0) is 14.3 Å². The smallest absolute Gasteiger partial charge is 0.322 e. The van der Waals surface area contributed by atoms with E-state index in [4.69, 9.17) is 10.5 Å². The Balaban J connectivity index is 2.96. The summed E-state index contributed by atoms with van der Waals surface area (Å²) in [4.78, 5) is 27.0. The number of hydrogen-bond donors (Lipinski definition) is 2. The number of nitrogens with zero attached hydrogens (tertiary/aromatic N) is 1. The van der Waals surface area contributed by atoms with Crippen molar-refractivity contribution in [1.82, 2.24) is 4.98 Å². The van der Waals surface area contributed by atoms with Crippen LogP contribution in [0.4, 0.5) is 0 Å². The van der Waals surface area contributed by atoms with Gasteiger partial charge in [0, 0.05) is 12.4 Å². The van der Waals surface area contributed by atoms with E-state index in [1.165, 1.54) is 6.20 Å². The molecule has 0 saturated heterocycles. The van der Waals surface area contributed by atoms with E-state index in [9.17, 15) is 14.7 Å². The van der Waals surface area contributed by atoms with Gasteiger partial charge in [-0.05, 0) is 32.4 Å². The molecule has 0 aliphatic rings. The van der Waals surface area contributed by atoms with Gasteiger partial charge in [-0.1, -0.05) is 6.07 Å². The van der Waals surface area contributed by atoms with Gasteiger partial charge in [-0.25, -0.2) is 0 Å². The Kier molecular flexibility index (Phi) is 4.61. The van der Waals surface area contributed by atoms with Crippen molar-refractivity contribution in [2.45, 2.75) is 32.4 Å². The molecule has 0 fully saturated rings. The third kappa shape index (κ3) is 4.33. The van der Waals surface area contributed by atoms with Gasteiger partial charge in [0.2, 0.25) is 0 Å². The van der Waals surface area contributed by atoms with Crippen molar-refractivity contribution in [3.8, 4) is 0 Å². The molecule has 2 unspecified atom stereocenters. The molecule has 0 saturated carbocycles. The van der Waals surface area contributed by atoms with Crippen LogP contribution in [0.25, 0.3) is 0 Å². The third-order valence-electron chi connectivity index (χ3n) is 2.36.